The van der Waals surface area contributed by atoms with Crippen LogP contribution in [-0.2, 0) is 6.42 Å². The van der Waals surface area contributed by atoms with Crippen molar-refractivity contribution in [1.82, 2.24) is 5.32 Å². The molecule has 0 aliphatic rings. The largest absolute Gasteiger partial charge is 0.319 e. The molecule has 1 rings (SSSR count). The molecule has 3 heteroatoms. The second kappa shape index (κ2) is 7.31. The van der Waals surface area contributed by atoms with Gasteiger partial charge < -0.3 is 5.32 Å². The van der Waals surface area contributed by atoms with Gasteiger partial charge in [-0.15, -0.1) is 0 Å². The summed E-state index contributed by atoms with van der Waals surface area (Å²) in [7, 11) is 2.01. The number of halogens is 2. The minimum atomic E-state index is 0.675. The number of benzene rings is 1. The predicted octanol–water partition coefficient (Wildman–Crippen LogP) is 4.28. The Balaban J connectivity index is 2.68. The summed E-state index contributed by atoms with van der Waals surface area (Å²) in [5.41, 5.74) is 1.25. The molecule has 0 radical (unpaired) electrons. The zero-order chi connectivity index (χ0) is 12.0. The molecule has 1 aromatic rings. The smallest absolute Gasteiger partial charge is 0.0449 e. The molecule has 16 heavy (non-hydrogen) atoms. The van der Waals surface area contributed by atoms with E-state index in [9.17, 15) is 0 Å². The van der Waals surface area contributed by atoms with E-state index in [0.717, 1.165) is 22.5 Å². The summed E-state index contributed by atoms with van der Waals surface area (Å²) in [6.45, 7) is 3.28. The lowest BCUT2D eigenvalue weighted by atomic mass is 9.95. The maximum absolute atomic E-state index is 6.22. The van der Waals surface area contributed by atoms with Gasteiger partial charge in [0, 0.05) is 9.50 Å². The second-order valence-electron chi connectivity index (χ2n) is 4.15. The maximum Gasteiger partial charge on any atom is 0.0449 e. The van der Waals surface area contributed by atoms with E-state index in [1.54, 1.807) is 0 Å². The van der Waals surface area contributed by atoms with Crippen LogP contribution in [0.2, 0.25) is 5.02 Å². The predicted molar refractivity (Wildman–Crippen MR) is 75.2 cm³/mol. The monoisotopic (exact) mass is 303 g/mol. The van der Waals surface area contributed by atoms with Crippen molar-refractivity contribution in [2.75, 3.05) is 13.6 Å². The van der Waals surface area contributed by atoms with E-state index in [1.165, 1.54) is 18.4 Å². The lowest BCUT2D eigenvalue weighted by Gasteiger charge is -2.16. The van der Waals surface area contributed by atoms with Gasteiger partial charge in [0.15, 0.2) is 0 Å². The third-order valence-electron chi connectivity index (χ3n) is 2.71. The van der Waals surface area contributed by atoms with Gasteiger partial charge in [0.25, 0.3) is 0 Å². The highest BCUT2D eigenvalue weighted by atomic mass is 79.9. The molecule has 0 fully saturated rings. The average Bonchev–Trinajstić information content (AvgIpc) is 2.23. The van der Waals surface area contributed by atoms with Crippen LogP contribution < -0.4 is 5.32 Å². The number of hydrogen-bond acceptors (Lipinski definition) is 1. The summed E-state index contributed by atoms with van der Waals surface area (Å²) in [4.78, 5) is 0. The molecule has 0 aliphatic carbocycles. The molecule has 1 nitrogen and oxygen atoms in total. The van der Waals surface area contributed by atoms with Crippen molar-refractivity contribution in [2.24, 2.45) is 5.92 Å². The summed E-state index contributed by atoms with van der Waals surface area (Å²) in [6.07, 6.45) is 3.52. The average molecular weight is 305 g/mol. The van der Waals surface area contributed by atoms with Crippen LogP contribution in [-0.4, -0.2) is 13.6 Å². The number of rotatable bonds is 6. The van der Waals surface area contributed by atoms with E-state index in [2.05, 4.69) is 40.3 Å². The van der Waals surface area contributed by atoms with E-state index in [0.29, 0.717) is 5.92 Å². The van der Waals surface area contributed by atoms with E-state index >= 15 is 0 Å². The fourth-order valence-corrected chi connectivity index (χ4v) is 2.72. The molecule has 0 aliphatic heterocycles. The van der Waals surface area contributed by atoms with Crippen LogP contribution in [0.4, 0.5) is 0 Å². The summed E-state index contributed by atoms with van der Waals surface area (Å²) in [6, 6.07) is 6.15. The lowest BCUT2D eigenvalue weighted by Crippen LogP contribution is -2.20. The molecule has 90 valence electrons. The van der Waals surface area contributed by atoms with Gasteiger partial charge in [-0.25, -0.2) is 0 Å². The van der Waals surface area contributed by atoms with E-state index in [4.69, 9.17) is 11.6 Å². The van der Waals surface area contributed by atoms with E-state index in [1.807, 2.05) is 13.1 Å². The number of hydrogen-bond donors (Lipinski definition) is 1. The highest BCUT2D eigenvalue weighted by Crippen LogP contribution is 2.24. The molecule has 1 aromatic carbocycles. The molecule has 1 unspecified atom stereocenters. The third-order valence-corrected chi connectivity index (χ3v) is 3.56. The highest BCUT2D eigenvalue weighted by molar-refractivity contribution is 9.10. The first kappa shape index (κ1) is 14.0. The normalized spacial score (nSPS) is 12.8. The van der Waals surface area contributed by atoms with Gasteiger partial charge in [0.05, 0.1) is 0 Å². The Morgan fingerprint density at radius 2 is 2.19 bits per heavy atom. The van der Waals surface area contributed by atoms with Gasteiger partial charge in [0.1, 0.15) is 0 Å². The van der Waals surface area contributed by atoms with Gasteiger partial charge in [0.2, 0.25) is 0 Å². The molecule has 0 saturated carbocycles. The van der Waals surface area contributed by atoms with Crippen molar-refractivity contribution in [3.05, 3.63) is 33.3 Å². The fraction of sp³-hybridized carbons (Fsp3) is 0.538. The molecule has 0 spiro atoms. The minimum Gasteiger partial charge on any atom is -0.319 e. The first-order valence-electron chi connectivity index (χ1n) is 5.75. The van der Waals surface area contributed by atoms with Crippen LogP contribution in [0.5, 0.6) is 0 Å². The Hall–Kier alpha value is -0.0500. The van der Waals surface area contributed by atoms with Crippen molar-refractivity contribution >= 4 is 27.5 Å². The van der Waals surface area contributed by atoms with Crippen LogP contribution in [0.15, 0.2) is 22.7 Å². The molecule has 0 heterocycles. The SMILES string of the molecule is CCCC(CNC)Cc1ccc(Br)cc1Cl. The van der Waals surface area contributed by atoms with Crippen LogP contribution in [0.1, 0.15) is 25.3 Å². The van der Waals surface area contributed by atoms with Crippen LogP contribution >= 0.6 is 27.5 Å². The summed E-state index contributed by atoms with van der Waals surface area (Å²) in [5.74, 6) is 0.675. The third kappa shape index (κ3) is 4.44. The lowest BCUT2D eigenvalue weighted by molar-refractivity contribution is 0.456. The van der Waals surface area contributed by atoms with Crippen molar-refractivity contribution in [1.29, 1.82) is 0 Å². The summed E-state index contributed by atoms with van der Waals surface area (Å²) < 4.78 is 1.04. The van der Waals surface area contributed by atoms with Crippen molar-refractivity contribution in [3.8, 4) is 0 Å². The van der Waals surface area contributed by atoms with Crippen molar-refractivity contribution in [3.63, 3.8) is 0 Å². The Morgan fingerprint density at radius 1 is 1.44 bits per heavy atom. The minimum absolute atomic E-state index is 0.675. The van der Waals surface area contributed by atoms with Gasteiger partial charge in [-0.1, -0.05) is 46.9 Å². The van der Waals surface area contributed by atoms with Gasteiger partial charge >= 0.3 is 0 Å². The van der Waals surface area contributed by atoms with E-state index < -0.39 is 0 Å². The highest BCUT2D eigenvalue weighted by Gasteiger charge is 2.10. The first-order valence-corrected chi connectivity index (χ1v) is 6.93. The van der Waals surface area contributed by atoms with Crippen LogP contribution in [0.25, 0.3) is 0 Å². The molecule has 0 bridgehead atoms. The molecule has 1 atom stereocenters. The molecule has 0 saturated heterocycles. The van der Waals surface area contributed by atoms with Crippen LogP contribution in [0.3, 0.4) is 0 Å². The summed E-state index contributed by atoms with van der Waals surface area (Å²) >= 11 is 9.65. The Morgan fingerprint density at radius 3 is 2.75 bits per heavy atom. The van der Waals surface area contributed by atoms with E-state index in [-0.39, 0.29) is 0 Å². The molecule has 0 aromatic heterocycles. The van der Waals surface area contributed by atoms with Crippen LogP contribution in [0, 0.1) is 5.92 Å². The molecule has 1 N–H and O–H groups in total. The topological polar surface area (TPSA) is 12.0 Å². The standard InChI is InChI=1S/C13H19BrClN/c1-3-4-10(9-16-2)7-11-5-6-12(14)8-13(11)15/h5-6,8,10,16H,3-4,7,9H2,1-2H3. The Labute approximate surface area is 112 Å². The van der Waals surface area contributed by atoms with Gasteiger partial charge in [-0.05, 0) is 50.0 Å². The number of nitrogens with one attached hydrogen (secondary N) is 1. The molecule has 0 amide bonds. The quantitative estimate of drug-likeness (QED) is 0.827. The summed E-state index contributed by atoms with van der Waals surface area (Å²) in [5, 5.41) is 4.12. The fourth-order valence-electron chi connectivity index (χ4n) is 1.97. The van der Waals surface area contributed by atoms with Gasteiger partial charge in [-0.3, -0.25) is 0 Å². The zero-order valence-corrected chi connectivity index (χ0v) is 12.2. The first-order chi connectivity index (χ1) is 7.67. The molecular weight excluding hydrogens is 286 g/mol. The van der Waals surface area contributed by atoms with Crippen molar-refractivity contribution in [2.45, 2.75) is 26.2 Å². The molecular formula is C13H19BrClN. The van der Waals surface area contributed by atoms with Crippen molar-refractivity contribution < 1.29 is 0 Å². The Kier molecular flexibility index (Phi) is 6.40. The maximum atomic E-state index is 6.22. The second-order valence-corrected chi connectivity index (χ2v) is 5.48. The van der Waals surface area contributed by atoms with Gasteiger partial charge in [-0.2, -0.15) is 0 Å². The Bertz CT molecular complexity index is 322. The zero-order valence-electron chi connectivity index (χ0n) is 9.89.